The van der Waals surface area contributed by atoms with Gasteiger partial charge >= 0.3 is 0 Å². The maximum atomic E-state index is 13.0. The van der Waals surface area contributed by atoms with E-state index in [0.717, 1.165) is 38.4 Å². The summed E-state index contributed by atoms with van der Waals surface area (Å²) in [5.74, 6) is 0.809. The smallest absolute Gasteiger partial charge is 0.293 e. The van der Waals surface area contributed by atoms with Gasteiger partial charge in [0.1, 0.15) is 11.4 Å². The minimum Gasteiger partial charge on any atom is -0.493 e. The maximum absolute atomic E-state index is 13.0. The summed E-state index contributed by atoms with van der Waals surface area (Å²) < 4.78 is 10.5. The number of rotatable bonds is 8. The fraction of sp³-hybridized carbons (Fsp3) is 0.435. The Morgan fingerprint density at radius 3 is 2.75 bits per heavy atom. The first-order valence-corrected chi connectivity index (χ1v) is 10.8. The standard InChI is InChI=1S/C23H28N4O5/c1-31-13-7-24-20-4-3-19(15-21(20)27(29)30)23(28)26-10-8-25(9-11-26)16-17-2-5-22-18(14-17)6-12-32-22/h2-5,14-15,24H,6-13,16H2,1H3. The average Bonchev–Trinajstić information content (AvgIpc) is 3.27. The molecule has 0 spiro atoms. The van der Waals surface area contributed by atoms with Gasteiger partial charge in [-0.05, 0) is 29.3 Å². The minimum absolute atomic E-state index is 0.105. The molecular weight excluding hydrogens is 412 g/mol. The van der Waals surface area contributed by atoms with Crippen LogP contribution in [0.25, 0.3) is 0 Å². The van der Waals surface area contributed by atoms with E-state index in [9.17, 15) is 14.9 Å². The molecule has 1 fully saturated rings. The summed E-state index contributed by atoms with van der Waals surface area (Å²) in [6, 6.07) is 10.9. The second-order valence-electron chi connectivity index (χ2n) is 8.02. The highest BCUT2D eigenvalue weighted by atomic mass is 16.6. The van der Waals surface area contributed by atoms with Crippen molar-refractivity contribution in [2.75, 3.05) is 58.4 Å². The van der Waals surface area contributed by atoms with Crippen molar-refractivity contribution in [2.45, 2.75) is 13.0 Å². The predicted molar refractivity (Wildman–Crippen MR) is 120 cm³/mol. The number of ether oxygens (including phenoxy) is 2. The Morgan fingerprint density at radius 1 is 1.19 bits per heavy atom. The Bertz CT molecular complexity index is 988. The quantitative estimate of drug-likeness (QED) is 0.383. The van der Waals surface area contributed by atoms with Gasteiger partial charge in [0, 0.05) is 64.4 Å². The molecule has 9 heteroatoms. The number of anilines is 1. The summed E-state index contributed by atoms with van der Waals surface area (Å²) in [5, 5.41) is 14.5. The lowest BCUT2D eigenvalue weighted by Gasteiger charge is -2.34. The molecule has 0 aromatic heterocycles. The van der Waals surface area contributed by atoms with E-state index in [1.165, 1.54) is 17.2 Å². The van der Waals surface area contributed by atoms with Crippen LogP contribution in [-0.4, -0.2) is 73.7 Å². The van der Waals surface area contributed by atoms with Gasteiger partial charge in [-0.25, -0.2) is 0 Å². The van der Waals surface area contributed by atoms with Gasteiger partial charge in [0.2, 0.25) is 0 Å². The fourth-order valence-corrected chi connectivity index (χ4v) is 4.14. The Kier molecular flexibility index (Phi) is 6.87. The normalized spacial score (nSPS) is 15.8. The molecule has 2 aromatic carbocycles. The van der Waals surface area contributed by atoms with E-state index in [0.29, 0.717) is 37.5 Å². The molecule has 4 rings (SSSR count). The topological polar surface area (TPSA) is 97.2 Å². The highest BCUT2D eigenvalue weighted by Crippen LogP contribution is 2.28. The van der Waals surface area contributed by atoms with Crippen molar-refractivity contribution < 1.29 is 19.2 Å². The molecule has 0 radical (unpaired) electrons. The summed E-state index contributed by atoms with van der Waals surface area (Å²) in [7, 11) is 1.57. The summed E-state index contributed by atoms with van der Waals surface area (Å²) >= 11 is 0. The number of nitro groups is 1. The maximum Gasteiger partial charge on any atom is 0.293 e. The van der Waals surface area contributed by atoms with Gasteiger partial charge in [-0.3, -0.25) is 19.8 Å². The van der Waals surface area contributed by atoms with Gasteiger partial charge in [0.05, 0.1) is 18.1 Å². The molecule has 1 saturated heterocycles. The molecule has 2 aliphatic heterocycles. The number of fused-ring (bicyclic) bond motifs is 1. The van der Waals surface area contributed by atoms with Crippen LogP contribution in [0.5, 0.6) is 5.75 Å². The first kappa shape index (κ1) is 22.0. The monoisotopic (exact) mass is 440 g/mol. The first-order chi connectivity index (χ1) is 15.5. The molecule has 2 aromatic rings. The molecule has 1 amide bonds. The SMILES string of the molecule is COCCNc1ccc(C(=O)N2CCN(Cc3ccc4c(c3)CCO4)CC2)cc1[N+](=O)[O-]. The molecule has 0 aliphatic carbocycles. The average molecular weight is 441 g/mol. The number of benzene rings is 2. The first-order valence-electron chi connectivity index (χ1n) is 10.8. The van der Waals surface area contributed by atoms with Crippen LogP contribution in [0.15, 0.2) is 36.4 Å². The Balaban J connectivity index is 1.35. The molecule has 0 bridgehead atoms. The van der Waals surface area contributed by atoms with Gasteiger partial charge in [-0.1, -0.05) is 12.1 Å². The number of carbonyl (C=O) groups excluding carboxylic acids is 1. The molecule has 170 valence electrons. The lowest BCUT2D eigenvalue weighted by Crippen LogP contribution is -2.48. The number of hydrogen-bond acceptors (Lipinski definition) is 7. The van der Waals surface area contributed by atoms with E-state index in [4.69, 9.17) is 9.47 Å². The van der Waals surface area contributed by atoms with Crippen molar-refractivity contribution in [1.29, 1.82) is 0 Å². The lowest BCUT2D eigenvalue weighted by atomic mass is 10.1. The van der Waals surface area contributed by atoms with Gasteiger partial charge in [-0.2, -0.15) is 0 Å². The zero-order valence-electron chi connectivity index (χ0n) is 18.2. The molecule has 0 saturated carbocycles. The van der Waals surface area contributed by atoms with Crippen molar-refractivity contribution in [3.63, 3.8) is 0 Å². The van der Waals surface area contributed by atoms with E-state index in [1.807, 2.05) is 6.07 Å². The Morgan fingerprint density at radius 2 is 2.00 bits per heavy atom. The van der Waals surface area contributed by atoms with E-state index in [2.05, 4.69) is 22.3 Å². The molecular formula is C23H28N4O5. The zero-order valence-corrected chi connectivity index (χ0v) is 18.2. The summed E-state index contributed by atoms with van der Waals surface area (Å²) in [5.41, 5.74) is 3.12. The predicted octanol–water partition coefficient (Wildman–Crippen LogP) is 2.55. The van der Waals surface area contributed by atoms with Crippen LogP contribution in [-0.2, 0) is 17.7 Å². The van der Waals surface area contributed by atoms with Crippen LogP contribution in [0, 0.1) is 10.1 Å². The third-order valence-corrected chi connectivity index (χ3v) is 5.88. The number of nitro benzene ring substituents is 1. The van der Waals surface area contributed by atoms with Crippen LogP contribution in [0.4, 0.5) is 11.4 Å². The minimum atomic E-state index is -0.467. The number of nitrogens with zero attached hydrogens (tertiary/aromatic N) is 3. The number of carbonyl (C=O) groups is 1. The van der Waals surface area contributed by atoms with Crippen LogP contribution in [0.3, 0.4) is 0 Å². The molecule has 2 heterocycles. The van der Waals surface area contributed by atoms with Crippen LogP contribution in [0.2, 0.25) is 0 Å². The summed E-state index contributed by atoms with van der Waals surface area (Å²) in [4.78, 5) is 28.1. The van der Waals surface area contributed by atoms with Crippen molar-refractivity contribution in [1.82, 2.24) is 9.80 Å². The third-order valence-electron chi connectivity index (χ3n) is 5.88. The Labute approximate surface area is 187 Å². The van der Waals surface area contributed by atoms with Crippen LogP contribution >= 0.6 is 0 Å². The van der Waals surface area contributed by atoms with Crippen molar-refractivity contribution in [3.05, 3.63) is 63.2 Å². The van der Waals surface area contributed by atoms with Crippen molar-refractivity contribution in [3.8, 4) is 5.75 Å². The van der Waals surface area contributed by atoms with Crippen molar-refractivity contribution in [2.24, 2.45) is 0 Å². The molecule has 0 unspecified atom stereocenters. The number of methoxy groups -OCH3 is 1. The molecule has 9 nitrogen and oxygen atoms in total. The van der Waals surface area contributed by atoms with E-state index < -0.39 is 4.92 Å². The van der Waals surface area contributed by atoms with Crippen LogP contribution < -0.4 is 10.1 Å². The lowest BCUT2D eigenvalue weighted by molar-refractivity contribution is -0.384. The summed E-state index contributed by atoms with van der Waals surface area (Å²) in [6.45, 7) is 5.18. The largest absolute Gasteiger partial charge is 0.493 e. The number of amides is 1. The van der Waals surface area contributed by atoms with Gasteiger partial charge in [-0.15, -0.1) is 0 Å². The molecule has 32 heavy (non-hydrogen) atoms. The molecule has 2 aliphatic rings. The van der Waals surface area contributed by atoms with Gasteiger partial charge in [0.15, 0.2) is 0 Å². The van der Waals surface area contributed by atoms with E-state index in [1.54, 1.807) is 24.1 Å². The second-order valence-corrected chi connectivity index (χ2v) is 8.02. The fourth-order valence-electron chi connectivity index (χ4n) is 4.14. The molecule has 0 atom stereocenters. The zero-order chi connectivity index (χ0) is 22.5. The van der Waals surface area contributed by atoms with Gasteiger partial charge in [0.25, 0.3) is 11.6 Å². The van der Waals surface area contributed by atoms with Crippen LogP contribution in [0.1, 0.15) is 21.5 Å². The number of piperazine rings is 1. The Hall–Kier alpha value is -3.17. The second kappa shape index (κ2) is 9.97. The number of hydrogen-bond donors (Lipinski definition) is 1. The van der Waals surface area contributed by atoms with Crippen molar-refractivity contribution >= 4 is 17.3 Å². The third kappa shape index (κ3) is 5.00. The van der Waals surface area contributed by atoms with E-state index in [-0.39, 0.29) is 11.6 Å². The highest BCUT2D eigenvalue weighted by Gasteiger charge is 2.25. The summed E-state index contributed by atoms with van der Waals surface area (Å²) in [6.07, 6.45) is 0.957. The number of nitrogens with one attached hydrogen (secondary N) is 1. The highest BCUT2D eigenvalue weighted by molar-refractivity contribution is 5.95. The van der Waals surface area contributed by atoms with E-state index >= 15 is 0 Å². The molecule has 1 N–H and O–H groups in total. The van der Waals surface area contributed by atoms with Gasteiger partial charge < -0.3 is 19.7 Å².